The summed E-state index contributed by atoms with van der Waals surface area (Å²) in [6, 6.07) is 5.06. The normalized spacial score (nSPS) is 11.3. The van der Waals surface area contributed by atoms with Crippen LogP contribution in [0.4, 0.5) is 5.69 Å². The zero-order valence-corrected chi connectivity index (χ0v) is 11.3. The maximum Gasteiger partial charge on any atom is 0.311 e. The second-order valence-corrected chi connectivity index (χ2v) is 5.10. The Balaban J connectivity index is 2.89. The summed E-state index contributed by atoms with van der Waals surface area (Å²) in [4.78, 5) is 10.5. The number of hydrogen-bond donors (Lipinski definition) is 1. The molecule has 100 valence electrons. The maximum atomic E-state index is 11.0. The van der Waals surface area contributed by atoms with Crippen molar-refractivity contribution < 1.29 is 9.66 Å². The number of nitro benzene ring substituents is 1. The molecule has 0 aliphatic rings. The molecular weight excluding hydrogens is 232 g/mol. The molecule has 18 heavy (non-hydrogen) atoms. The Hall–Kier alpha value is -1.62. The van der Waals surface area contributed by atoms with Crippen molar-refractivity contribution in [1.29, 1.82) is 0 Å². The standard InChI is InChI=1S/C13H20N2O3/c1-5-18-12-7-6-10(8-11(12)15(16)17)9-14-13(2,3)4/h6-8,14H,5,9H2,1-4H3. The molecule has 1 rings (SSSR count). The van der Waals surface area contributed by atoms with E-state index in [9.17, 15) is 10.1 Å². The number of hydrogen-bond acceptors (Lipinski definition) is 4. The molecule has 0 heterocycles. The van der Waals surface area contributed by atoms with Crippen LogP contribution >= 0.6 is 0 Å². The molecule has 0 atom stereocenters. The molecule has 5 heteroatoms. The minimum atomic E-state index is -0.411. The Kier molecular flexibility index (Phi) is 4.67. The number of nitro groups is 1. The first kappa shape index (κ1) is 14.4. The van der Waals surface area contributed by atoms with E-state index >= 15 is 0 Å². The first-order valence-electron chi connectivity index (χ1n) is 5.98. The molecule has 0 amide bonds. The average Bonchev–Trinajstić information content (AvgIpc) is 2.26. The molecule has 0 aromatic heterocycles. The van der Waals surface area contributed by atoms with Crippen LogP contribution < -0.4 is 10.1 Å². The molecule has 0 radical (unpaired) electrons. The Morgan fingerprint density at radius 1 is 1.39 bits per heavy atom. The van der Waals surface area contributed by atoms with E-state index in [-0.39, 0.29) is 11.2 Å². The van der Waals surface area contributed by atoms with Crippen LogP contribution in [0.15, 0.2) is 18.2 Å². The SMILES string of the molecule is CCOc1ccc(CNC(C)(C)C)cc1[N+](=O)[O-]. The zero-order chi connectivity index (χ0) is 13.8. The molecular formula is C13H20N2O3. The fraction of sp³-hybridized carbons (Fsp3) is 0.538. The van der Waals surface area contributed by atoms with Crippen molar-refractivity contribution >= 4 is 5.69 Å². The summed E-state index contributed by atoms with van der Waals surface area (Å²) in [5.41, 5.74) is 0.873. The van der Waals surface area contributed by atoms with E-state index in [2.05, 4.69) is 26.1 Å². The number of nitrogens with one attached hydrogen (secondary N) is 1. The predicted molar refractivity (Wildman–Crippen MR) is 70.9 cm³/mol. The van der Waals surface area contributed by atoms with Crippen molar-refractivity contribution in [2.24, 2.45) is 0 Å². The molecule has 0 unspecified atom stereocenters. The van der Waals surface area contributed by atoms with E-state index in [1.54, 1.807) is 19.1 Å². The third-order valence-corrected chi connectivity index (χ3v) is 2.34. The Bertz CT molecular complexity index is 425. The van der Waals surface area contributed by atoms with Crippen LogP contribution in [0.25, 0.3) is 0 Å². The van der Waals surface area contributed by atoms with Gasteiger partial charge in [-0.05, 0) is 39.3 Å². The van der Waals surface area contributed by atoms with Crippen LogP contribution in [0.2, 0.25) is 0 Å². The van der Waals surface area contributed by atoms with Gasteiger partial charge in [-0.3, -0.25) is 10.1 Å². The van der Waals surface area contributed by atoms with E-state index in [4.69, 9.17) is 4.74 Å². The van der Waals surface area contributed by atoms with Crippen LogP contribution in [-0.4, -0.2) is 17.1 Å². The largest absolute Gasteiger partial charge is 0.487 e. The van der Waals surface area contributed by atoms with Crippen molar-refractivity contribution in [2.75, 3.05) is 6.61 Å². The van der Waals surface area contributed by atoms with Crippen molar-refractivity contribution in [1.82, 2.24) is 5.32 Å². The van der Waals surface area contributed by atoms with Crippen molar-refractivity contribution in [3.8, 4) is 5.75 Å². The van der Waals surface area contributed by atoms with E-state index < -0.39 is 4.92 Å². The molecule has 1 N–H and O–H groups in total. The van der Waals surface area contributed by atoms with Crippen LogP contribution in [0.3, 0.4) is 0 Å². The van der Waals surface area contributed by atoms with Crippen molar-refractivity contribution in [2.45, 2.75) is 39.8 Å². The van der Waals surface area contributed by atoms with Crippen LogP contribution in [-0.2, 0) is 6.54 Å². The topological polar surface area (TPSA) is 64.4 Å². The van der Waals surface area contributed by atoms with Crippen molar-refractivity contribution in [3.63, 3.8) is 0 Å². The van der Waals surface area contributed by atoms with E-state index in [1.165, 1.54) is 0 Å². The lowest BCUT2D eigenvalue weighted by molar-refractivity contribution is -0.385. The van der Waals surface area contributed by atoms with Gasteiger partial charge in [-0.15, -0.1) is 0 Å². The van der Waals surface area contributed by atoms with E-state index in [1.807, 2.05) is 6.07 Å². The molecule has 0 bridgehead atoms. The molecule has 0 aliphatic heterocycles. The molecule has 0 aliphatic carbocycles. The maximum absolute atomic E-state index is 11.0. The fourth-order valence-corrected chi connectivity index (χ4v) is 1.46. The monoisotopic (exact) mass is 252 g/mol. The Morgan fingerprint density at radius 3 is 2.56 bits per heavy atom. The second kappa shape index (κ2) is 5.82. The molecule has 0 fully saturated rings. The summed E-state index contributed by atoms with van der Waals surface area (Å²) in [5, 5.41) is 14.2. The van der Waals surface area contributed by atoms with Gasteiger partial charge in [0.25, 0.3) is 0 Å². The Labute approximate surface area is 107 Å². The zero-order valence-electron chi connectivity index (χ0n) is 11.3. The highest BCUT2D eigenvalue weighted by molar-refractivity contribution is 5.48. The highest BCUT2D eigenvalue weighted by Crippen LogP contribution is 2.28. The summed E-state index contributed by atoms with van der Waals surface area (Å²) in [5.74, 6) is 0.321. The highest BCUT2D eigenvalue weighted by atomic mass is 16.6. The third kappa shape index (κ3) is 4.33. The van der Waals surface area contributed by atoms with Gasteiger partial charge < -0.3 is 10.1 Å². The van der Waals surface area contributed by atoms with Gasteiger partial charge in [-0.25, -0.2) is 0 Å². The molecule has 0 saturated carbocycles. The lowest BCUT2D eigenvalue weighted by Crippen LogP contribution is -2.35. The third-order valence-electron chi connectivity index (χ3n) is 2.34. The molecule has 1 aromatic rings. The smallest absolute Gasteiger partial charge is 0.311 e. The van der Waals surface area contributed by atoms with Gasteiger partial charge in [0, 0.05) is 18.2 Å². The number of ether oxygens (including phenoxy) is 1. The minimum Gasteiger partial charge on any atom is -0.487 e. The van der Waals surface area contributed by atoms with E-state index in [0.29, 0.717) is 18.9 Å². The summed E-state index contributed by atoms with van der Waals surface area (Å²) in [6.45, 7) is 8.97. The predicted octanol–water partition coefficient (Wildman–Crippen LogP) is 2.88. The summed E-state index contributed by atoms with van der Waals surface area (Å²) in [6.07, 6.45) is 0. The van der Waals surface area contributed by atoms with Crippen molar-refractivity contribution in [3.05, 3.63) is 33.9 Å². The van der Waals surface area contributed by atoms with Gasteiger partial charge in [-0.2, -0.15) is 0 Å². The first-order chi connectivity index (χ1) is 8.33. The molecule has 0 spiro atoms. The second-order valence-electron chi connectivity index (χ2n) is 5.10. The number of benzene rings is 1. The van der Waals surface area contributed by atoms with Gasteiger partial charge in [0.1, 0.15) is 0 Å². The Morgan fingerprint density at radius 2 is 2.06 bits per heavy atom. The number of nitrogens with zero attached hydrogens (tertiary/aromatic N) is 1. The lowest BCUT2D eigenvalue weighted by atomic mass is 10.1. The van der Waals surface area contributed by atoms with Crippen LogP contribution in [0.5, 0.6) is 5.75 Å². The van der Waals surface area contributed by atoms with E-state index in [0.717, 1.165) is 5.56 Å². The lowest BCUT2D eigenvalue weighted by Gasteiger charge is -2.20. The quantitative estimate of drug-likeness (QED) is 0.646. The minimum absolute atomic E-state index is 0.0186. The summed E-state index contributed by atoms with van der Waals surface area (Å²) < 4.78 is 5.24. The van der Waals surface area contributed by atoms with Gasteiger partial charge in [0.2, 0.25) is 0 Å². The first-order valence-corrected chi connectivity index (χ1v) is 5.98. The number of rotatable bonds is 5. The van der Waals surface area contributed by atoms with Crippen LogP contribution in [0, 0.1) is 10.1 Å². The summed E-state index contributed by atoms with van der Waals surface area (Å²) in [7, 11) is 0. The molecule has 1 aromatic carbocycles. The van der Waals surface area contributed by atoms with Crippen LogP contribution in [0.1, 0.15) is 33.3 Å². The fourth-order valence-electron chi connectivity index (χ4n) is 1.46. The molecule has 0 saturated heterocycles. The summed E-state index contributed by atoms with van der Waals surface area (Å²) >= 11 is 0. The average molecular weight is 252 g/mol. The van der Waals surface area contributed by atoms with Gasteiger partial charge in [0.05, 0.1) is 11.5 Å². The van der Waals surface area contributed by atoms with Gasteiger partial charge in [-0.1, -0.05) is 6.07 Å². The van der Waals surface area contributed by atoms with Gasteiger partial charge in [0.15, 0.2) is 5.75 Å². The highest BCUT2D eigenvalue weighted by Gasteiger charge is 2.16. The van der Waals surface area contributed by atoms with Gasteiger partial charge >= 0.3 is 5.69 Å². The molecule has 5 nitrogen and oxygen atoms in total.